The topological polar surface area (TPSA) is 329 Å². The number of hydrogen-bond donors (Lipinski definition) is 4. The molecule has 0 radical (unpaired) electrons. The molecular formula is C41H28N7Na3O12S3. The minimum Gasteiger partial charge on any atom is -0.871 e. The molecule has 0 heterocycles. The third-order valence-corrected chi connectivity index (χ3v) is 11.8. The van der Waals surface area contributed by atoms with Crippen molar-refractivity contribution in [2.45, 2.75) is 21.6 Å². The number of hydrogen-bond acceptors (Lipinski definition) is 16. The van der Waals surface area contributed by atoms with Crippen LogP contribution in [0.25, 0.3) is 21.5 Å². The average Bonchev–Trinajstić information content (AvgIpc) is 3.22. The molecule has 0 atom stereocenters. The number of anilines is 2. The maximum Gasteiger partial charge on any atom is 1.00 e. The SMILES string of the molecule is Cc1ccc(NC(=O)c2ccc(N=Nc3c(S(=O)(=O)O)cc4cc(N=C([O-])c5ccc(N)cc5)ccc4c3[O-])cc2)cc1N=Nc1ccc2cc(S(=O)(=O)[O-])cc(S(=O)(=O)O)c2c1.[Na+].[Na+].[Na+]. The van der Waals surface area contributed by atoms with Crippen LogP contribution in [0.3, 0.4) is 0 Å². The van der Waals surface area contributed by atoms with Crippen LogP contribution < -0.4 is 110 Å². The van der Waals surface area contributed by atoms with Crippen molar-refractivity contribution in [1.82, 2.24) is 0 Å². The summed E-state index contributed by atoms with van der Waals surface area (Å²) in [6.45, 7) is 1.71. The Morgan fingerprint density at radius 2 is 1.23 bits per heavy atom. The van der Waals surface area contributed by atoms with Gasteiger partial charge in [0.25, 0.3) is 26.1 Å². The molecule has 320 valence electrons. The first kappa shape index (κ1) is 54.1. The minimum absolute atomic E-state index is 0. The van der Waals surface area contributed by atoms with Crippen molar-refractivity contribution in [2.75, 3.05) is 11.1 Å². The normalized spacial score (nSPS) is 12.2. The Kier molecular flexibility index (Phi) is 17.8. The van der Waals surface area contributed by atoms with Crippen molar-refractivity contribution < 1.29 is 143 Å². The Morgan fingerprint density at radius 3 is 1.86 bits per heavy atom. The maximum absolute atomic E-state index is 13.5. The van der Waals surface area contributed by atoms with Gasteiger partial charge in [-0.1, -0.05) is 36.1 Å². The van der Waals surface area contributed by atoms with Gasteiger partial charge in [0.05, 0.1) is 33.3 Å². The molecule has 7 rings (SSSR count). The molecule has 0 aliphatic carbocycles. The minimum atomic E-state index is -5.05. The number of nitrogens with one attached hydrogen (secondary N) is 1. The molecule has 25 heteroatoms. The molecule has 0 bridgehead atoms. The van der Waals surface area contributed by atoms with E-state index in [0.29, 0.717) is 28.7 Å². The van der Waals surface area contributed by atoms with E-state index in [1.165, 1.54) is 91.0 Å². The number of aryl methyl sites for hydroxylation is 1. The fraction of sp³-hybridized carbons (Fsp3) is 0.0244. The molecule has 0 unspecified atom stereocenters. The summed E-state index contributed by atoms with van der Waals surface area (Å²) >= 11 is 0. The standard InChI is InChI=1S/C41H31N7O12S3.3Na/c1-22-2-10-30(20-35(22)47-46-31-13-7-25-17-32(61(52,53)54)21-36(34(25)19-31)62(55,56)57)44-41(51)24-5-11-28(12-6-24)45-48-38-37(63(58,59)60)18-26-16-29(14-15-33(26)39(38)49)43-40(50)23-3-8-27(42)9-4-23;;;/h2-21,49H,42H2,1H3,(H,43,50)(H,44,51)(H,52,53,54)(H,55,56,57)(H,58,59,60);;;/q;3*+1/p-3. The van der Waals surface area contributed by atoms with E-state index >= 15 is 0 Å². The second-order valence-electron chi connectivity index (χ2n) is 13.6. The van der Waals surface area contributed by atoms with Crippen LogP contribution in [0.2, 0.25) is 0 Å². The van der Waals surface area contributed by atoms with Crippen LogP contribution in [-0.4, -0.2) is 50.7 Å². The predicted molar refractivity (Wildman–Crippen MR) is 226 cm³/mol. The quantitative estimate of drug-likeness (QED) is 0.0270. The van der Waals surface area contributed by atoms with Gasteiger partial charge in [0.1, 0.15) is 19.9 Å². The summed E-state index contributed by atoms with van der Waals surface area (Å²) in [7, 11) is -15.0. The van der Waals surface area contributed by atoms with Gasteiger partial charge in [-0.05, 0) is 131 Å². The van der Waals surface area contributed by atoms with E-state index in [4.69, 9.17) is 5.73 Å². The molecule has 19 nitrogen and oxygen atoms in total. The zero-order chi connectivity index (χ0) is 45.4. The number of benzene rings is 7. The van der Waals surface area contributed by atoms with E-state index in [1.54, 1.807) is 19.1 Å². The van der Waals surface area contributed by atoms with Crippen LogP contribution in [-0.2, 0) is 30.4 Å². The van der Waals surface area contributed by atoms with Gasteiger partial charge in [0.2, 0.25) is 0 Å². The molecule has 7 aromatic rings. The zero-order valence-corrected chi connectivity index (χ0v) is 43.5. The molecule has 0 aliphatic heterocycles. The summed E-state index contributed by atoms with van der Waals surface area (Å²) in [6, 6.07) is 26.7. The molecule has 0 saturated carbocycles. The van der Waals surface area contributed by atoms with Crippen molar-refractivity contribution in [3.63, 3.8) is 0 Å². The number of azo groups is 2. The Bertz CT molecular complexity index is 3470. The Labute approximate surface area is 443 Å². The maximum atomic E-state index is 13.5. The molecule has 7 aromatic carbocycles. The molecule has 0 saturated heterocycles. The van der Waals surface area contributed by atoms with Crippen LogP contribution in [0.1, 0.15) is 21.5 Å². The third-order valence-electron chi connectivity index (χ3n) is 9.26. The second kappa shape index (κ2) is 21.7. The van der Waals surface area contributed by atoms with Crippen LogP contribution >= 0.6 is 0 Å². The first-order valence-electron chi connectivity index (χ1n) is 17.9. The van der Waals surface area contributed by atoms with Crippen molar-refractivity contribution in [1.29, 1.82) is 0 Å². The number of carbonyl (C=O) groups is 1. The Balaban J connectivity index is 0.00000317. The fourth-order valence-electron chi connectivity index (χ4n) is 6.10. The Morgan fingerprint density at radius 1 is 0.621 bits per heavy atom. The number of fused-ring (bicyclic) bond motifs is 2. The molecule has 0 aromatic heterocycles. The summed E-state index contributed by atoms with van der Waals surface area (Å²) < 4.78 is 103. The van der Waals surface area contributed by atoms with Crippen LogP contribution in [0.15, 0.2) is 161 Å². The van der Waals surface area contributed by atoms with Gasteiger partial charge >= 0.3 is 88.7 Å². The fourth-order valence-corrected chi connectivity index (χ4v) is 8.09. The van der Waals surface area contributed by atoms with Crippen molar-refractivity contribution in [3.8, 4) is 5.75 Å². The summed E-state index contributed by atoms with van der Waals surface area (Å²) in [4.78, 5) is 14.7. The van der Waals surface area contributed by atoms with Gasteiger partial charge < -0.3 is 25.8 Å². The van der Waals surface area contributed by atoms with Crippen molar-refractivity contribution in [2.24, 2.45) is 25.4 Å². The molecule has 66 heavy (non-hydrogen) atoms. The van der Waals surface area contributed by atoms with Gasteiger partial charge in [0, 0.05) is 22.3 Å². The van der Waals surface area contributed by atoms with Crippen molar-refractivity contribution in [3.05, 3.63) is 138 Å². The molecule has 0 spiro atoms. The number of nitrogens with zero attached hydrogens (tertiary/aromatic N) is 5. The van der Waals surface area contributed by atoms with Crippen LogP contribution in [0, 0.1) is 6.92 Å². The summed E-state index contributed by atoms with van der Waals surface area (Å²) in [5.74, 6) is -2.06. The first-order valence-corrected chi connectivity index (χ1v) is 22.2. The third kappa shape index (κ3) is 12.7. The van der Waals surface area contributed by atoms with E-state index in [9.17, 15) is 53.9 Å². The van der Waals surface area contributed by atoms with Gasteiger partial charge in [0.15, 0.2) is 0 Å². The Hall–Kier alpha value is -4.47. The number of nitrogen functional groups attached to an aromatic ring is 1. The van der Waals surface area contributed by atoms with E-state index in [1.807, 2.05) is 0 Å². The summed E-state index contributed by atoms with van der Waals surface area (Å²) in [6.07, 6.45) is 0. The molecule has 0 fully saturated rings. The number of carbonyl (C=O) groups excluding carboxylic acids is 1. The van der Waals surface area contributed by atoms with E-state index in [2.05, 4.69) is 30.8 Å². The number of amides is 1. The van der Waals surface area contributed by atoms with Gasteiger partial charge in [-0.2, -0.15) is 32.2 Å². The largest absolute Gasteiger partial charge is 1.00 e. The second-order valence-corrected chi connectivity index (χ2v) is 17.8. The summed E-state index contributed by atoms with van der Waals surface area (Å²) in [5, 5.41) is 44.9. The zero-order valence-electron chi connectivity index (χ0n) is 35.1. The smallest absolute Gasteiger partial charge is 0.871 e. The molecule has 5 N–H and O–H groups in total. The average molecular weight is 976 g/mol. The van der Waals surface area contributed by atoms with Crippen LogP contribution in [0.5, 0.6) is 5.75 Å². The van der Waals surface area contributed by atoms with Gasteiger partial charge in [-0.3, -0.25) is 18.9 Å². The molecule has 0 aliphatic rings. The summed E-state index contributed by atoms with van der Waals surface area (Å²) in [5.41, 5.74) is 7.36. The van der Waals surface area contributed by atoms with E-state index in [0.717, 1.165) is 12.1 Å². The van der Waals surface area contributed by atoms with Gasteiger partial charge in [-0.25, -0.2) is 8.42 Å². The first-order chi connectivity index (χ1) is 29.6. The number of rotatable bonds is 11. The van der Waals surface area contributed by atoms with Crippen molar-refractivity contribution >= 4 is 104 Å². The number of nitrogens with two attached hydrogens (primary N) is 1. The number of aliphatic imine (C=N–C) groups is 1. The predicted octanol–water partition coefficient (Wildman–Crippen LogP) is -2.11. The van der Waals surface area contributed by atoms with Crippen LogP contribution in [0.4, 0.5) is 39.8 Å². The monoisotopic (exact) mass is 975 g/mol. The molecular weight excluding hydrogens is 948 g/mol. The van der Waals surface area contributed by atoms with E-state index < -0.39 is 68.3 Å². The van der Waals surface area contributed by atoms with Gasteiger partial charge in [-0.15, -0.1) is 5.11 Å². The van der Waals surface area contributed by atoms with E-state index in [-0.39, 0.29) is 138 Å². The molecule has 1 amide bonds.